The van der Waals surface area contributed by atoms with E-state index in [1.807, 2.05) is 19.9 Å². The van der Waals surface area contributed by atoms with Gasteiger partial charge in [-0.3, -0.25) is 4.79 Å². The number of amides is 1. The first-order chi connectivity index (χ1) is 8.54. The van der Waals surface area contributed by atoms with Gasteiger partial charge in [0.05, 0.1) is 11.4 Å². The summed E-state index contributed by atoms with van der Waals surface area (Å²) >= 11 is 0. The number of anilines is 2. The van der Waals surface area contributed by atoms with Gasteiger partial charge in [0.1, 0.15) is 0 Å². The van der Waals surface area contributed by atoms with E-state index in [2.05, 4.69) is 17.6 Å². The minimum absolute atomic E-state index is 0.0863. The fraction of sp³-hybridized carbons (Fsp3) is 0.500. The number of hydrogen-bond donors (Lipinski definition) is 3. The second kappa shape index (κ2) is 6.89. The van der Waals surface area contributed by atoms with Gasteiger partial charge in [-0.2, -0.15) is 0 Å². The Balaban J connectivity index is 2.69. The lowest BCUT2D eigenvalue weighted by atomic mass is 10.1. The van der Waals surface area contributed by atoms with Gasteiger partial charge in [0.25, 0.3) is 5.91 Å². The molecule has 0 saturated heterocycles. The second-order valence-electron chi connectivity index (χ2n) is 4.71. The minimum atomic E-state index is -0.0863. The molecule has 0 spiro atoms. The molecule has 0 atom stereocenters. The largest absolute Gasteiger partial charge is 0.397 e. The Bertz CT molecular complexity index is 402. The zero-order valence-corrected chi connectivity index (χ0v) is 11.4. The molecule has 18 heavy (non-hydrogen) atoms. The van der Waals surface area contributed by atoms with Gasteiger partial charge in [0.2, 0.25) is 0 Å². The first kappa shape index (κ1) is 14.4. The quantitative estimate of drug-likeness (QED) is 0.536. The van der Waals surface area contributed by atoms with Crippen molar-refractivity contribution in [1.82, 2.24) is 5.32 Å². The van der Waals surface area contributed by atoms with Crippen molar-refractivity contribution in [3.63, 3.8) is 0 Å². The van der Waals surface area contributed by atoms with Gasteiger partial charge in [0, 0.05) is 18.2 Å². The molecule has 100 valence electrons. The third kappa shape index (κ3) is 4.28. The molecule has 0 saturated carbocycles. The summed E-state index contributed by atoms with van der Waals surface area (Å²) in [6.45, 7) is 6.91. The number of carbonyl (C=O) groups is 1. The van der Waals surface area contributed by atoms with Crippen LogP contribution in [0.3, 0.4) is 0 Å². The maximum absolute atomic E-state index is 11.8. The van der Waals surface area contributed by atoms with E-state index < -0.39 is 0 Å². The summed E-state index contributed by atoms with van der Waals surface area (Å²) in [4.78, 5) is 11.8. The molecule has 0 aliphatic heterocycles. The number of hydrogen-bond acceptors (Lipinski definition) is 3. The summed E-state index contributed by atoms with van der Waals surface area (Å²) in [5, 5.41) is 6.11. The van der Waals surface area contributed by atoms with Crippen LogP contribution in [0, 0.1) is 0 Å². The number of nitrogen functional groups attached to an aromatic ring is 1. The molecule has 0 aromatic heterocycles. The van der Waals surface area contributed by atoms with E-state index in [4.69, 9.17) is 5.73 Å². The summed E-state index contributed by atoms with van der Waals surface area (Å²) < 4.78 is 0. The van der Waals surface area contributed by atoms with Crippen LogP contribution in [0.2, 0.25) is 0 Å². The van der Waals surface area contributed by atoms with Crippen LogP contribution in [0.5, 0.6) is 0 Å². The third-order valence-electron chi connectivity index (χ3n) is 2.58. The van der Waals surface area contributed by atoms with Gasteiger partial charge in [-0.1, -0.05) is 13.3 Å². The second-order valence-corrected chi connectivity index (χ2v) is 4.71. The van der Waals surface area contributed by atoms with E-state index in [0.29, 0.717) is 11.3 Å². The Morgan fingerprint density at radius 1 is 1.39 bits per heavy atom. The average Bonchev–Trinajstić information content (AvgIpc) is 2.30. The van der Waals surface area contributed by atoms with Crippen LogP contribution < -0.4 is 16.4 Å². The number of benzene rings is 1. The topological polar surface area (TPSA) is 67.2 Å². The molecule has 0 aliphatic rings. The van der Waals surface area contributed by atoms with Gasteiger partial charge in [-0.25, -0.2) is 0 Å². The highest BCUT2D eigenvalue weighted by molar-refractivity contribution is 5.96. The highest BCUT2D eigenvalue weighted by Gasteiger charge is 2.08. The van der Waals surface area contributed by atoms with Gasteiger partial charge in [-0.15, -0.1) is 0 Å². The molecule has 0 fully saturated rings. The van der Waals surface area contributed by atoms with Crippen molar-refractivity contribution in [2.45, 2.75) is 39.7 Å². The monoisotopic (exact) mass is 249 g/mol. The predicted octanol–water partition coefficient (Wildman–Crippen LogP) is 2.62. The van der Waals surface area contributed by atoms with E-state index in [1.165, 1.54) is 0 Å². The maximum Gasteiger partial charge on any atom is 0.251 e. The van der Waals surface area contributed by atoms with Crippen LogP contribution in [-0.4, -0.2) is 18.5 Å². The molecule has 1 rings (SSSR count). The lowest BCUT2D eigenvalue weighted by molar-refractivity contribution is 0.0943. The van der Waals surface area contributed by atoms with E-state index in [1.54, 1.807) is 12.1 Å². The molecule has 1 aromatic carbocycles. The number of nitrogens with one attached hydrogen (secondary N) is 2. The number of rotatable bonds is 6. The summed E-state index contributed by atoms with van der Waals surface area (Å²) in [5.41, 5.74) is 8.04. The summed E-state index contributed by atoms with van der Waals surface area (Å²) in [5.74, 6) is -0.0863. The molecular formula is C14H23N3O. The van der Waals surface area contributed by atoms with E-state index in [-0.39, 0.29) is 11.9 Å². The molecule has 0 unspecified atom stereocenters. The fourth-order valence-electron chi connectivity index (χ4n) is 1.61. The van der Waals surface area contributed by atoms with E-state index in [9.17, 15) is 4.79 Å². The van der Waals surface area contributed by atoms with Crippen molar-refractivity contribution in [2.24, 2.45) is 0 Å². The molecule has 4 nitrogen and oxygen atoms in total. The zero-order chi connectivity index (χ0) is 13.5. The number of unbranched alkanes of at least 4 members (excludes halogenated alkanes) is 1. The molecule has 0 bridgehead atoms. The molecular weight excluding hydrogens is 226 g/mol. The summed E-state index contributed by atoms with van der Waals surface area (Å²) in [6.07, 6.45) is 2.25. The smallest absolute Gasteiger partial charge is 0.251 e. The average molecular weight is 249 g/mol. The van der Waals surface area contributed by atoms with Gasteiger partial charge in [0.15, 0.2) is 0 Å². The van der Waals surface area contributed by atoms with Crippen LogP contribution in [-0.2, 0) is 0 Å². The molecule has 1 amide bonds. The Labute approximate surface area is 109 Å². The van der Waals surface area contributed by atoms with Crippen molar-refractivity contribution in [1.29, 1.82) is 0 Å². The lowest BCUT2D eigenvalue weighted by Crippen LogP contribution is -2.30. The standard InChI is InChI=1S/C14H23N3O/c1-4-5-8-16-13-7-6-11(9-12(13)15)14(18)17-10(2)3/h6-7,9-10,16H,4-5,8,15H2,1-3H3,(H,17,18). The first-order valence-electron chi connectivity index (χ1n) is 6.48. The number of carbonyl (C=O) groups excluding carboxylic acids is 1. The Morgan fingerprint density at radius 2 is 2.11 bits per heavy atom. The van der Waals surface area contributed by atoms with E-state index in [0.717, 1.165) is 25.1 Å². The van der Waals surface area contributed by atoms with Gasteiger partial charge in [-0.05, 0) is 38.5 Å². The molecule has 0 heterocycles. The van der Waals surface area contributed by atoms with Crippen LogP contribution >= 0.6 is 0 Å². The van der Waals surface area contributed by atoms with Crippen LogP contribution in [0.4, 0.5) is 11.4 Å². The molecule has 0 aliphatic carbocycles. The van der Waals surface area contributed by atoms with Crippen LogP contribution in [0.25, 0.3) is 0 Å². The SMILES string of the molecule is CCCCNc1ccc(C(=O)NC(C)C)cc1N. The van der Waals surface area contributed by atoms with Crippen molar-refractivity contribution in [3.8, 4) is 0 Å². The Kier molecular flexibility index (Phi) is 5.49. The number of nitrogens with two attached hydrogens (primary N) is 1. The van der Waals surface area contributed by atoms with Crippen LogP contribution in [0.1, 0.15) is 44.0 Å². The summed E-state index contributed by atoms with van der Waals surface area (Å²) in [6, 6.07) is 5.50. The minimum Gasteiger partial charge on any atom is -0.397 e. The third-order valence-corrected chi connectivity index (χ3v) is 2.58. The highest BCUT2D eigenvalue weighted by Crippen LogP contribution is 2.20. The van der Waals surface area contributed by atoms with Crippen molar-refractivity contribution in [2.75, 3.05) is 17.6 Å². The summed E-state index contributed by atoms with van der Waals surface area (Å²) in [7, 11) is 0. The van der Waals surface area contributed by atoms with Crippen LogP contribution in [0.15, 0.2) is 18.2 Å². The first-order valence-corrected chi connectivity index (χ1v) is 6.48. The molecule has 1 aromatic rings. The lowest BCUT2D eigenvalue weighted by Gasteiger charge is -2.12. The normalized spacial score (nSPS) is 10.4. The predicted molar refractivity (Wildman–Crippen MR) is 76.9 cm³/mol. The Morgan fingerprint density at radius 3 is 2.67 bits per heavy atom. The Hall–Kier alpha value is -1.71. The van der Waals surface area contributed by atoms with Crippen molar-refractivity contribution in [3.05, 3.63) is 23.8 Å². The zero-order valence-electron chi connectivity index (χ0n) is 11.4. The molecule has 0 radical (unpaired) electrons. The van der Waals surface area contributed by atoms with Gasteiger partial charge >= 0.3 is 0 Å². The van der Waals surface area contributed by atoms with Crippen molar-refractivity contribution < 1.29 is 4.79 Å². The molecule has 4 N–H and O–H groups in total. The van der Waals surface area contributed by atoms with Crippen molar-refractivity contribution >= 4 is 17.3 Å². The highest BCUT2D eigenvalue weighted by atomic mass is 16.1. The molecule has 4 heteroatoms. The fourth-order valence-corrected chi connectivity index (χ4v) is 1.61. The maximum atomic E-state index is 11.8. The van der Waals surface area contributed by atoms with E-state index >= 15 is 0 Å². The van der Waals surface area contributed by atoms with Gasteiger partial charge < -0.3 is 16.4 Å².